The highest BCUT2D eigenvalue weighted by Crippen LogP contribution is 2.17. The van der Waals surface area contributed by atoms with Gasteiger partial charge in [0.2, 0.25) is 11.2 Å². The van der Waals surface area contributed by atoms with E-state index in [9.17, 15) is 0 Å². The van der Waals surface area contributed by atoms with E-state index in [1.54, 1.807) is 0 Å². The fourth-order valence-corrected chi connectivity index (χ4v) is 1.85. The molecule has 19 heavy (non-hydrogen) atoms. The standard InChI is InChI=1S/C13H15ClN4O/c1-9-6-4-5-7-10(9)8-18(2)12-15-11(14)16-13(17-12)19-3/h4-7H,8H2,1-3H3. The molecule has 0 unspecified atom stereocenters. The number of anilines is 1. The van der Waals surface area contributed by atoms with E-state index in [-0.39, 0.29) is 11.3 Å². The van der Waals surface area contributed by atoms with Gasteiger partial charge >= 0.3 is 6.01 Å². The molecule has 0 saturated carbocycles. The Morgan fingerprint density at radius 1 is 1.21 bits per heavy atom. The summed E-state index contributed by atoms with van der Waals surface area (Å²) in [7, 11) is 3.40. The zero-order chi connectivity index (χ0) is 13.8. The van der Waals surface area contributed by atoms with Crippen molar-refractivity contribution >= 4 is 17.5 Å². The zero-order valence-corrected chi connectivity index (χ0v) is 11.8. The molecule has 0 radical (unpaired) electrons. The van der Waals surface area contributed by atoms with Crippen LogP contribution in [0.2, 0.25) is 5.28 Å². The second kappa shape index (κ2) is 5.84. The lowest BCUT2D eigenvalue weighted by atomic mass is 10.1. The summed E-state index contributed by atoms with van der Waals surface area (Å²) in [6.07, 6.45) is 0. The van der Waals surface area contributed by atoms with Crippen LogP contribution in [0.3, 0.4) is 0 Å². The Morgan fingerprint density at radius 2 is 1.95 bits per heavy atom. The summed E-state index contributed by atoms with van der Waals surface area (Å²) < 4.78 is 4.99. The number of hydrogen-bond acceptors (Lipinski definition) is 5. The minimum atomic E-state index is 0.124. The first-order valence-electron chi connectivity index (χ1n) is 5.81. The van der Waals surface area contributed by atoms with Gasteiger partial charge in [0.15, 0.2) is 0 Å². The van der Waals surface area contributed by atoms with Gasteiger partial charge < -0.3 is 9.64 Å². The molecule has 0 aliphatic heterocycles. The summed E-state index contributed by atoms with van der Waals surface area (Å²) in [5, 5.41) is 0.124. The van der Waals surface area contributed by atoms with Crippen LogP contribution in [0, 0.1) is 6.92 Å². The first-order valence-corrected chi connectivity index (χ1v) is 6.19. The molecular weight excluding hydrogens is 264 g/mol. The van der Waals surface area contributed by atoms with Crippen molar-refractivity contribution < 1.29 is 4.74 Å². The molecule has 0 aliphatic carbocycles. The molecule has 0 atom stereocenters. The third-order valence-electron chi connectivity index (χ3n) is 2.77. The van der Waals surface area contributed by atoms with E-state index in [0.717, 1.165) is 0 Å². The number of nitrogens with zero attached hydrogens (tertiary/aromatic N) is 4. The Balaban J connectivity index is 2.22. The van der Waals surface area contributed by atoms with Crippen LogP contribution in [0.4, 0.5) is 5.95 Å². The summed E-state index contributed by atoms with van der Waals surface area (Å²) >= 11 is 5.84. The fourth-order valence-electron chi connectivity index (χ4n) is 1.70. The number of benzene rings is 1. The maximum Gasteiger partial charge on any atom is 0.322 e. The molecule has 1 aromatic carbocycles. The van der Waals surface area contributed by atoms with Crippen LogP contribution in [0.25, 0.3) is 0 Å². The zero-order valence-electron chi connectivity index (χ0n) is 11.1. The summed E-state index contributed by atoms with van der Waals surface area (Å²) in [4.78, 5) is 14.0. The number of methoxy groups -OCH3 is 1. The van der Waals surface area contributed by atoms with Gasteiger partial charge in [-0.1, -0.05) is 24.3 Å². The lowest BCUT2D eigenvalue weighted by Crippen LogP contribution is -2.20. The lowest BCUT2D eigenvalue weighted by Gasteiger charge is -2.18. The average Bonchev–Trinajstić information content (AvgIpc) is 2.40. The second-order valence-electron chi connectivity index (χ2n) is 4.17. The third-order valence-corrected chi connectivity index (χ3v) is 2.94. The Hall–Kier alpha value is -1.88. The van der Waals surface area contributed by atoms with Crippen LogP contribution in [-0.2, 0) is 6.54 Å². The number of halogens is 1. The predicted molar refractivity (Wildman–Crippen MR) is 74.7 cm³/mol. The molecule has 2 rings (SSSR count). The van der Waals surface area contributed by atoms with Crippen molar-refractivity contribution in [3.63, 3.8) is 0 Å². The van der Waals surface area contributed by atoms with Gasteiger partial charge in [0.05, 0.1) is 7.11 Å². The second-order valence-corrected chi connectivity index (χ2v) is 4.51. The van der Waals surface area contributed by atoms with Gasteiger partial charge in [-0.3, -0.25) is 0 Å². The van der Waals surface area contributed by atoms with E-state index >= 15 is 0 Å². The van der Waals surface area contributed by atoms with E-state index in [2.05, 4.69) is 34.0 Å². The van der Waals surface area contributed by atoms with Gasteiger partial charge in [0.25, 0.3) is 0 Å². The van der Waals surface area contributed by atoms with Crippen molar-refractivity contribution in [3.8, 4) is 6.01 Å². The summed E-state index contributed by atoms with van der Waals surface area (Å²) in [6.45, 7) is 2.76. The third kappa shape index (κ3) is 3.32. The highest BCUT2D eigenvalue weighted by Gasteiger charge is 2.10. The Labute approximate surface area is 117 Å². The number of aromatic nitrogens is 3. The number of hydrogen-bond donors (Lipinski definition) is 0. The molecule has 0 amide bonds. The number of ether oxygens (including phenoxy) is 1. The van der Waals surface area contributed by atoms with Gasteiger partial charge in [0, 0.05) is 13.6 Å². The van der Waals surface area contributed by atoms with Crippen LogP contribution >= 0.6 is 11.6 Å². The molecule has 0 bridgehead atoms. The molecule has 2 aromatic rings. The van der Waals surface area contributed by atoms with Gasteiger partial charge in [0.1, 0.15) is 0 Å². The van der Waals surface area contributed by atoms with Gasteiger partial charge in [-0.2, -0.15) is 15.0 Å². The van der Waals surface area contributed by atoms with E-state index in [1.165, 1.54) is 18.2 Å². The normalized spacial score (nSPS) is 10.3. The summed E-state index contributed by atoms with van der Waals surface area (Å²) in [5.74, 6) is 0.486. The molecule has 100 valence electrons. The molecule has 6 heteroatoms. The predicted octanol–water partition coefficient (Wildman–Crippen LogP) is 2.48. The van der Waals surface area contributed by atoms with Crippen molar-refractivity contribution in [1.82, 2.24) is 15.0 Å². The molecule has 1 heterocycles. The molecule has 0 spiro atoms. The quantitative estimate of drug-likeness (QED) is 0.860. The van der Waals surface area contributed by atoms with E-state index in [1.807, 2.05) is 24.1 Å². The van der Waals surface area contributed by atoms with Crippen molar-refractivity contribution in [2.45, 2.75) is 13.5 Å². The highest BCUT2D eigenvalue weighted by atomic mass is 35.5. The smallest absolute Gasteiger partial charge is 0.322 e. The summed E-state index contributed by atoms with van der Waals surface area (Å²) in [5.41, 5.74) is 2.43. The summed E-state index contributed by atoms with van der Waals surface area (Å²) in [6, 6.07) is 8.39. The molecule has 0 saturated heterocycles. The van der Waals surface area contributed by atoms with Crippen LogP contribution < -0.4 is 9.64 Å². The average molecular weight is 279 g/mol. The fraction of sp³-hybridized carbons (Fsp3) is 0.308. The Kier molecular flexibility index (Phi) is 4.16. The maximum atomic E-state index is 5.84. The monoisotopic (exact) mass is 278 g/mol. The Morgan fingerprint density at radius 3 is 2.63 bits per heavy atom. The molecule has 0 fully saturated rings. The molecule has 0 N–H and O–H groups in total. The topological polar surface area (TPSA) is 51.1 Å². The van der Waals surface area contributed by atoms with Crippen LogP contribution in [0.5, 0.6) is 6.01 Å². The minimum Gasteiger partial charge on any atom is -0.467 e. The lowest BCUT2D eigenvalue weighted by molar-refractivity contribution is 0.378. The molecular formula is C13H15ClN4O. The van der Waals surface area contributed by atoms with Gasteiger partial charge in [-0.15, -0.1) is 0 Å². The Bertz CT molecular complexity index is 576. The van der Waals surface area contributed by atoms with Crippen molar-refractivity contribution in [3.05, 3.63) is 40.7 Å². The number of rotatable bonds is 4. The van der Waals surface area contributed by atoms with E-state index < -0.39 is 0 Å². The molecule has 5 nitrogen and oxygen atoms in total. The minimum absolute atomic E-state index is 0.124. The van der Waals surface area contributed by atoms with Gasteiger partial charge in [-0.05, 0) is 29.7 Å². The van der Waals surface area contributed by atoms with Crippen LogP contribution in [0.1, 0.15) is 11.1 Å². The highest BCUT2D eigenvalue weighted by molar-refractivity contribution is 6.28. The van der Waals surface area contributed by atoms with Gasteiger partial charge in [-0.25, -0.2) is 0 Å². The van der Waals surface area contributed by atoms with E-state index in [4.69, 9.17) is 16.3 Å². The van der Waals surface area contributed by atoms with Crippen LogP contribution in [0.15, 0.2) is 24.3 Å². The van der Waals surface area contributed by atoms with Crippen molar-refractivity contribution in [2.75, 3.05) is 19.1 Å². The van der Waals surface area contributed by atoms with Crippen molar-refractivity contribution in [2.24, 2.45) is 0 Å². The molecule has 0 aliphatic rings. The maximum absolute atomic E-state index is 5.84. The first-order chi connectivity index (χ1) is 9.10. The van der Waals surface area contributed by atoms with E-state index in [0.29, 0.717) is 12.5 Å². The van der Waals surface area contributed by atoms with Crippen LogP contribution in [-0.4, -0.2) is 29.1 Å². The number of aryl methyl sites for hydroxylation is 1. The largest absolute Gasteiger partial charge is 0.467 e. The SMILES string of the molecule is COc1nc(Cl)nc(N(C)Cc2ccccc2C)n1. The first kappa shape index (κ1) is 13.5. The molecule has 1 aromatic heterocycles. The van der Waals surface area contributed by atoms with Crippen molar-refractivity contribution in [1.29, 1.82) is 0 Å².